The number of rotatable bonds is 6. The van der Waals surface area contributed by atoms with Gasteiger partial charge in [0.05, 0.1) is 13.2 Å². The van der Waals surface area contributed by atoms with Crippen LogP contribution in [-0.4, -0.2) is 59.6 Å². The Hall–Kier alpha value is -1.63. The summed E-state index contributed by atoms with van der Waals surface area (Å²) in [5.41, 5.74) is 0. The van der Waals surface area contributed by atoms with Gasteiger partial charge in [0, 0.05) is 19.9 Å². The van der Waals surface area contributed by atoms with Gasteiger partial charge >= 0.3 is 5.97 Å². The number of carbonyl (C=O) groups is 3. The normalized spacial score (nSPS) is 22.8. The van der Waals surface area contributed by atoms with Gasteiger partial charge in [-0.1, -0.05) is 19.8 Å². The molecule has 1 heterocycles. The predicted octanol–water partition coefficient (Wildman–Crippen LogP) is -0.184. The van der Waals surface area contributed by atoms with E-state index in [4.69, 9.17) is 0 Å². The molecule has 2 amide bonds. The summed E-state index contributed by atoms with van der Waals surface area (Å²) in [6.45, 7) is 3.49. The molecule has 1 fully saturated rings. The second-order valence-corrected chi connectivity index (χ2v) is 5.30. The number of hydrogen-bond acceptors (Lipinski definition) is 5. The van der Waals surface area contributed by atoms with Crippen molar-refractivity contribution in [3.8, 4) is 0 Å². The van der Waals surface area contributed by atoms with E-state index in [1.54, 1.807) is 0 Å². The number of aliphatic hydroxyl groups is 1. The van der Waals surface area contributed by atoms with Crippen LogP contribution in [0.4, 0.5) is 0 Å². The quantitative estimate of drug-likeness (QED) is 0.663. The number of nitrogens with one attached hydrogen (secondary N) is 1. The van der Waals surface area contributed by atoms with Crippen molar-refractivity contribution in [1.82, 2.24) is 10.2 Å². The Labute approximate surface area is 124 Å². The Balaban J connectivity index is 2.71. The lowest BCUT2D eigenvalue weighted by Gasteiger charge is -2.24. The van der Waals surface area contributed by atoms with Gasteiger partial charge in [0.15, 0.2) is 0 Å². The van der Waals surface area contributed by atoms with Crippen LogP contribution in [0.1, 0.15) is 39.5 Å². The fraction of sp³-hybridized carbons (Fsp3) is 0.786. The summed E-state index contributed by atoms with van der Waals surface area (Å²) in [5, 5.41) is 12.3. The molecule has 0 aliphatic carbocycles. The van der Waals surface area contributed by atoms with Crippen molar-refractivity contribution in [2.45, 2.75) is 57.7 Å². The highest BCUT2D eigenvalue weighted by atomic mass is 16.5. The van der Waals surface area contributed by atoms with Crippen molar-refractivity contribution < 1.29 is 24.2 Å². The Morgan fingerprint density at radius 1 is 1.43 bits per heavy atom. The van der Waals surface area contributed by atoms with Gasteiger partial charge < -0.3 is 20.1 Å². The number of ether oxygens (including phenoxy) is 1. The Morgan fingerprint density at radius 3 is 2.62 bits per heavy atom. The first kappa shape index (κ1) is 17.4. The molecule has 7 nitrogen and oxygen atoms in total. The average Bonchev–Trinajstić information content (AvgIpc) is 2.84. The third-order valence-electron chi connectivity index (χ3n) is 3.63. The van der Waals surface area contributed by atoms with Crippen molar-refractivity contribution in [2.24, 2.45) is 0 Å². The van der Waals surface area contributed by atoms with Gasteiger partial charge in [-0.05, 0) is 6.42 Å². The zero-order valence-corrected chi connectivity index (χ0v) is 12.8. The van der Waals surface area contributed by atoms with Crippen LogP contribution in [0, 0.1) is 0 Å². The summed E-state index contributed by atoms with van der Waals surface area (Å²) >= 11 is 0. The first-order valence-electron chi connectivity index (χ1n) is 7.24. The molecule has 7 heteroatoms. The van der Waals surface area contributed by atoms with Crippen LogP contribution < -0.4 is 5.32 Å². The third kappa shape index (κ3) is 4.70. The molecule has 0 spiro atoms. The van der Waals surface area contributed by atoms with Gasteiger partial charge in [-0.3, -0.25) is 9.59 Å². The van der Waals surface area contributed by atoms with Crippen LogP contribution in [-0.2, 0) is 19.1 Å². The maximum Gasteiger partial charge on any atom is 0.328 e. The molecule has 0 bridgehead atoms. The summed E-state index contributed by atoms with van der Waals surface area (Å²) in [6.07, 6.45) is 1.64. The van der Waals surface area contributed by atoms with Crippen LogP contribution in [0.2, 0.25) is 0 Å². The van der Waals surface area contributed by atoms with Crippen molar-refractivity contribution in [2.75, 3.05) is 13.7 Å². The summed E-state index contributed by atoms with van der Waals surface area (Å²) in [5.74, 6) is -1.19. The Kier molecular flexibility index (Phi) is 6.61. The fourth-order valence-electron chi connectivity index (χ4n) is 2.48. The first-order chi connectivity index (χ1) is 9.90. The van der Waals surface area contributed by atoms with E-state index < -0.39 is 30.1 Å². The molecule has 0 aromatic carbocycles. The van der Waals surface area contributed by atoms with E-state index in [2.05, 4.69) is 10.1 Å². The number of β-amino-alcohol motifs (C(OH)–C–C–N with tert-alkyl or cyclic N) is 1. The summed E-state index contributed by atoms with van der Waals surface area (Å²) in [4.78, 5) is 36.8. The molecular formula is C14H24N2O5. The number of amides is 2. The molecule has 21 heavy (non-hydrogen) atoms. The Morgan fingerprint density at radius 2 is 2.10 bits per heavy atom. The third-order valence-corrected chi connectivity index (χ3v) is 3.63. The van der Waals surface area contributed by atoms with Crippen molar-refractivity contribution >= 4 is 17.8 Å². The number of nitrogens with zero attached hydrogens (tertiary/aromatic N) is 1. The molecule has 3 atom stereocenters. The Bertz CT molecular complexity index is 399. The van der Waals surface area contributed by atoms with E-state index in [9.17, 15) is 19.5 Å². The summed E-state index contributed by atoms with van der Waals surface area (Å²) in [7, 11) is 1.27. The molecule has 0 unspecified atom stereocenters. The second-order valence-electron chi connectivity index (χ2n) is 5.30. The summed E-state index contributed by atoms with van der Waals surface area (Å²) in [6, 6.07) is -1.44. The fourth-order valence-corrected chi connectivity index (χ4v) is 2.48. The highest BCUT2D eigenvalue weighted by Crippen LogP contribution is 2.18. The molecule has 0 radical (unpaired) electrons. The minimum atomic E-state index is -0.730. The first-order valence-corrected chi connectivity index (χ1v) is 7.24. The van der Waals surface area contributed by atoms with E-state index in [0.29, 0.717) is 6.42 Å². The zero-order valence-electron chi connectivity index (χ0n) is 12.8. The molecule has 2 N–H and O–H groups in total. The van der Waals surface area contributed by atoms with E-state index >= 15 is 0 Å². The van der Waals surface area contributed by atoms with Crippen molar-refractivity contribution in [3.05, 3.63) is 0 Å². The van der Waals surface area contributed by atoms with Gasteiger partial charge in [0.1, 0.15) is 12.1 Å². The maximum atomic E-state index is 12.3. The van der Waals surface area contributed by atoms with Crippen LogP contribution in [0.3, 0.4) is 0 Å². The van der Waals surface area contributed by atoms with Gasteiger partial charge in [0.2, 0.25) is 11.8 Å². The molecule has 0 aromatic heterocycles. The molecule has 0 aromatic rings. The van der Waals surface area contributed by atoms with Crippen LogP contribution in [0.15, 0.2) is 0 Å². The smallest absolute Gasteiger partial charge is 0.328 e. The molecule has 0 saturated carbocycles. The van der Waals surface area contributed by atoms with E-state index in [0.717, 1.165) is 12.8 Å². The monoisotopic (exact) mass is 300 g/mol. The second kappa shape index (κ2) is 7.97. The number of likely N-dealkylation sites (tertiary alicyclic amines) is 1. The van der Waals surface area contributed by atoms with Crippen molar-refractivity contribution in [1.29, 1.82) is 0 Å². The SMILES string of the molecule is CCCC[C@H](NC(=O)[C@@H]1C[C@@H](O)CN1C(C)=O)C(=O)OC. The highest BCUT2D eigenvalue weighted by molar-refractivity contribution is 5.90. The number of unbranched alkanes of at least 4 members (excludes halogenated alkanes) is 1. The van der Waals surface area contributed by atoms with Crippen LogP contribution in [0.25, 0.3) is 0 Å². The summed E-state index contributed by atoms with van der Waals surface area (Å²) < 4.78 is 4.68. The molecule has 1 saturated heterocycles. The number of methoxy groups -OCH3 is 1. The number of aliphatic hydroxyl groups excluding tert-OH is 1. The molecule has 1 aliphatic heterocycles. The standard InChI is InChI=1S/C14H24N2O5/c1-4-5-6-11(14(20)21-3)15-13(19)12-7-10(18)8-16(12)9(2)17/h10-12,18H,4-8H2,1-3H3,(H,15,19)/t10-,11+,12+/m1/s1. The van der Waals surface area contributed by atoms with Gasteiger partial charge in [-0.2, -0.15) is 0 Å². The largest absolute Gasteiger partial charge is 0.467 e. The van der Waals surface area contributed by atoms with Crippen LogP contribution >= 0.6 is 0 Å². The number of carbonyl (C=O) groups excluding carboxylic acids is 3. The van der Waals surface area contributed by atoms with Gasteiger partial charge in [-0.15, -0.1) is 0 Å². The molecule has 1 aliphatic rings. The number of hydrogen-bond donors (Lipinski definition) is 2. The van der Waals surface area contributed by atoms with E-state index in [1.807, 2.05) is 6.92 Å². The highest BCUT2D eigenvalue weighted by Gasteiger charge is 2.38. The lowest BCUT2D eigenvalue weighted by molar-refractivity contribution is -0.146. The van der Waals surface area contributed by atoms with E-state index in [-0.39, 0.29) is 18.9 Å². The maximum absolute atomic E-state index is 12.3. The lowest BCUT2D eigenvalue weighted by Crippen LogP contribution is -2.50. The number of esters is 1. The molecule has 1 rings (SSSR count). The van der Waals surface area contributed by atoms with Crippen LogP contribution in [0.5, 0.6) is 0 Å². The van der Waals surface area contributed by atoms with Gasteiger partial charge in [0.25, 0.3) is 0 Å². The topological polar surface area (TPSA) is 95.9 Å². The molecular weight excluding hydrogens is 276 g/mol. The average molecular weight is 300 g/mol. The van der Waals surface area contributed by atoms with Crippen molar-refractivity contribution in [3.63, 3.8) is 0 Å². The lowest BCUT2D eigenvalue weighted by atomic mass is 10.1. The molecule has 120 valence electrons. The minimum absolute atomic E-state index is 0.144. The van der Waals surface area contributed by atoms with Gasteiger partial charge in [-0.25, -0.2) is 4.79 Å². The predicted molar refractivity (Wildman–Crippen MR) is 75.3 cm³/mol. The zero-order chi connectivity index (χ0) is 16.0. The minimum Gasteiger partial charge on any atom is -0.467 e. The van der Waals surface area contributed by atoms with E-state index in [1.165, 1.54) is 18.9 Å².